The van der Waals surface area contributed by atoms with Crippen molar-refractivity contribution in [2.45, 2.75) is 13.2 Å². The smallest absolute Gasteiger partial charge is 0.0702 e. The number of hydrogen-bond donors (Lipinski definition) is 3. The Morgan fingerprint density at radius 3 is 2.00 bits per heavy atom. The molecule has 24 heavy (non-hydrogen) atoms. The van der Waals surface area contributed by atoms with Gasteiger partial charge in [0.1, 0.15) is 0 Å². The molecule has 0 aliphatic rings. The van der Waals surface area contributed by atoms with Crippen LogP contribution in [0.1, 0.15) is 11.1 Å². The molecule has 0 unspecified atom stereocenters. The van der Waals surface area contributed by atoms with Gasteiger partial charge in [-0.05, 0) is 23.2 Å². The van der Waals surface area contributed by atoms with Gasteiger partial charge in [0.2, 0.25) is 0 Å². The van der Waals surface area contributed by atoms with E-state index in [0.29, 0.717) is 6.54 Å². The molecular weight excluding hydrogens is 302 g/mol. The minimum absolute atomic E-state index is 0.101. The zero-order valence-corrected chi connectivity index (χ0v) is 13.0. The molecule has 120 valence electrons. The van der Waals surface area contributed by atoms with Crippen LogP contribution < -0.4 is 0 Å². The number of rotatable bonds is 3. The molecule has 6 heteroatoms. The molecule has 0 aliphatic heterocycles. The molecule has 0 saturated heterocycles. The number of fused-ring (bicyclic) bond motifs is 2. The van der Waals surface area contributed by atoms with Gasteiger partial charge in [-0.2, -0.15) is 0 Å². The van der Waals surface area contributed by atoms with Gasteiger partial charge in [-0.1, -0.05) is 41.5 Å². The fraction of sp³-hybridized carbons (Fsp3) is 0.111. The average molecular weight is 319 g/mol. The van der Waals surface area contributed by atoms with E-state index in [1.807, 2.05) is 60.9 Å². The van der Waals surface area contributed by atoms with Crippen molar-refractivity contribution in [1.82, 2.24) is 9.97 Å². The van der Waals surface area contributed by atoms with Gasteiger partial charge >= 0.3 is 0 Å². The Balaban J connectivity index is 0.000000143. The lowest BCUT2D eigenvalue weighted by molar-refractivity contribution is 0.283. The van der Waals surface area contributed by atoms with Crippen molar-refractivity contribution in [3.05, 3.63) is 82.5 Å². The standard InChI is InChI=1S/C9H8N4.C9H9NO/c10-13-12-6-7-5-11-9-4-2-1-3-8(7)9;11-6-7-5-10-9-4-2-1-3-8(7)9/h1-5,11H,6H2;1-5,10-11H,6H2. The van der Waals surface area contributed by atoms with Crippen LogP contribution in [-0.2, 0) is 13.2 Å². The number of azide groups is 1. The Morgan fingerprint density at radius 1 is 0.875 bits per heavy atom. The highest BCUT2D eigenvalue weighted by molar-refractivity contribution is 5.83. The van der Waals surface area contributed by atoms with Crippen LogP contribution in [0.4, 0.5) is 0 Å². The van der Waals surface area contributed by atoms with Crippen LogP contribution in [-0.4, -0.2) is 15.1 Å². The highest BCUT2D eigenvalue weighted by atomic mass is 16.3. The summed E-state index contributed by atoms with van der Waals surface area (Å²) in [5, 5.41) is 14.7. The fourth-order valence-electron chi connectivity index (χ4n) is 2.63. The highest BCUT2D eigenvalue weighted by Crippen LogP contribution is 2.18. The maximum absolute atomic E-state index is 8.90. The first kappa shape index (κ1) is 15.7. The summed E-state index contributed by atoms with van der Waals surface area (Å²) in [7, 11) is 0. The summed E-state index contributed by atoms with van der Waals surface area (Å²) < 4.78 is 0. The predicted molar refractivity (Wildman–Crippen MR) is 95.4 cm³/mol. The minimum atomic E-state index is 0.101. The van der Waals surface area contributed by atoms with E-state index in [0.717, 1.165) is 32.9 Å². The van der Waals surface area contributed by atoms with Crippen LogP contribution in [0.15, 0.2) is 66.0 Å². The second-order valence-corrected chi connectivity index (χ2v) is 5.27. The van der Waals surface area contributed by atoms with E-state index in [1.165, 1.54) is 0 Å². The number of hydrogen-bond acceptors (Lipinski definition) is 2. The van der Waals surface area contributed by atoms with Crippen molar-refractivity contribution >= 4 is 21.8 Å². The van der Waals surface area contributed by atoms with Gasteiger partial charge in [-0.3, -0.25) is 0 Å². The summed E-state index contributed by atoms with van der Waals surface area (Å²) in [6, 6.07) is 15.9. The van der Waals surface area contributed by atoms with Crippen molar-refractivity contribution in [3.8, 4) is 0 Å². The highest BCUT2D eigenvalue weighted by Gasteiger charge is 2.00. The maximum Gasteiger partial charge on any atom is 0.0702 e. The molecule has 0 atom stereocenters. The lowest BCUT2D eigenvalue weighted by Crippen LogP contribution is -1.76. The fourth-order valence-corrected chi connectivity index (χ4v) is 2.63. The van der Waals surface area contributed by atoms with Crippen LogP contribution in [0.3, 0.4) is 0 Å². The normalized spacial score (nSPS) is 10.2. The molecule has 0 spiro atoms. The number of aromatic nitrogens is 2. The van der Waals surface area contributed by atoms with Gasteiger partial charge in [0, 0.05) is 44.7 Å². The van der Waals surface area contributed by atoms with Crippen molar-refractivity contribution in [2.75, 3.05) is 0 Å². The van der Waals surface area contributed by atoms with E-state index in [2.05, 4.69) is 20.0 Å². The first-order chi connectivity index (χ1) is 11.8. The summed E-state index contributed by atoms with van der Waals surface area (Å²) in [6.45, 7) is 0.504. The van der Waals surface area contributed by atoms with Gasteiger partial charge in [-0.25, -0.2) is 0 Å². The molecule has 0 fully saturated rings. The van der Waals surface area contributed by atoms with E-state index in [-0.39, 0.29) is 6.61 Å². The average Bonchev–Trinajstić information content (AvgIpc) is 3.24. The first-order valence-corrected chi connectivity index (χ1v) is 7.55. The van der Waals surface area contributed by atoms with Gasteiger partial charge in [0.05, 0.1) is 13.2 Å². The Hall–Kier alpha value is -3.21. The van der Waals surface area contributed by atoms with Crippen LogP contribution in [0.5, 0.6) is 0 Å². The second-order valence-electron chi connectivity index (χ2n) is 5.27. The van der Waals surface area contributed by atoms with E-state index in [1.54, 1.807) is 0 Å². The Morgan fingerprint density at radius 2 is 1.42 bits per heavy atom. The van der Waals surface area contributed by atoms with Crippen LogP contribution in [0.2, 0.25) is 0 Å². The molecule has 2 aromatic carbocycles. The molecule has 2 aromatic heterocycles. The summed E-state index contributed by atoms with van der Waals surface area (Å²) in [5.74, 6) is 0. The molecule has 4 rings (SSSR count). The predicted octanol–water partition coefficient (Wildman–Crippen LogP) is 4.64. The molecule has 2 heterocycles. The minimum Gasteiger partial charge on any atom is -0.392 e. The summed E-state index contributed by atoms with van der Waals surface area (Å²) >= 11 is 0. The number of benzene rings is 2. The third-order valence-electron chi connectivity index (χ3n) is 3.82. The molecule has 0 bridgehead atoms. The van der Waals surface area contributed by atoms with Crippen molar-refractivity contribution in [1.29, 1.82) is 0 Å². The van der Waals surface area contributed by atoms with Crippen molar-refractivity contribution in [3.63, 3.8) is 0 Å². The maximum atomic E-state index is 8.90. The third kappa shape index (κ3) is 3.25. The van der Waals surface area contributed by atoms with E-state index in [9.17, 15) is 0 Å². The number of nitrogens with one attached hydrogen (secondary N) is 2. The van der Waals surface area contributed by atoms with Crippen molar-refractivity contribution < 1.29 is 5.11 Å². The quantitative estimate of drug-likeness (QED) is 0.286. The van der Waals surface area contributed by atoms with Crippen LogP contribution in [0.25, 0.3) is 32.2 Å². The monoisotopic (exact) mass is 319 g/mol. The molecule has 3 N–H and O–H groups in total. The second kappa shape index (κ2) is 7.37. The summed E-state index contributed by atoms with van der Waals surface area (Å²) in [4.78, 5) is 8.92. The Bertz CT molecular complexity index is 995. The Kier molecular flexibility index (Phi) is 4.81. The zero-order chi connectivity index (χ0) is 16.8. The van der Waals surface area contributed by atoms with Crippen molar-refractivity contribution in [2.24, 2.45) is 5.11 Å². The molecule has 4 aromatic rings. The number of aromatic amines is 2. The number of nitrogens with zero attached hydrogens (tertiary/aromatic N) is 3. The Labute approximate surface area is 138 Å². The molecule has 0 aliphatic carbocycles. The molecule has 0 radical (unpaired) electrons. The zero-order valence-electron chi connectivity index (χ0n) is 13.0. The van der Waals surface area contributed by atoms with E-state index < -0.39 is 0 Å². The lowest BCUT2D eigenvalue weighted by atomic mass is 10.2. The third-order valence-corrected chi connectivity index (χ3v) is 3.82. The van der Waals surface area contributed by atoms with Gasteiger partial charge < -0.3 is 15.1 Å². The topological polar surface area (TPSA) is 101 Å². The lowest BCUT2D eigenvalue weighted by Gasteiger charge is -1.90. The van der Waals surface area contributed by atoms with Gasteiger partial charge in [0.25, 0.3) is 0 Å². The van der Waals surface area contributed by atoms with E-state index in [4.69, 9.17) is 10.6 Å². The molecule has 0 saturated carbocycles. The largest absolute Gasteiger partial charge is 0.392 e. The van der Waals surface area contributed by atoms with E-state index >= 15 is 0 Å². The summed E-state index contributed by atoms with van der Waals surface area (Å²) in [5.41, 5.74) is 12.3. The van der Waals surface area contributed by atoms with Crippen LogP contribution in [0, 0.1) is 0 Å². The molecule has 6 nitrogen and oxygen atoms in total. The number of H-pyrrole nitrogens is 2. The molecule has 0 amide bonds. The number of aliphatic hydroxyl groups is 1. The molecular formula is C18H17N5O. The first-order valence-electron chi connectivity index (χ1n) is 7.55. The number of aliphatic hydroxyl groups excluding tert-OH is 1. The van der Waals surface area contributed by atoms with Crippen LogP contribution >= 0.6 is 0 Å². The van der Waals surface area contributed by atoms with Gasteiger partial charge in [0.15, 0.2) is 0 Å². The SMILES string of the molecule is OCc1c[nH]c2ccccc12.[N-]=[N+]=NCc1c[nH]c2ccccc12. The summed E-state index contributed by atoms with van der Waals surface area (Å²) in [6.07, 6.45) is 3.71. The number of para-hydroxylation sites is 2. The van der Waals surface area contributed by atoms with Gasteiger partial charge in [-0.15, -0.1) is 0 Å².